The van der Waals surface area contributed by atoms with Gasteiger partial charge in [-0.15, -0.1) is 0 Å². The molecule has 96 heavy (non-hydrogen) atoms. The van der Waals surface area contributed by atoms with Crippen molar-refractivity contribution in [2.45, 2.75) is 214 Å². The number of rotatable bonds is 34. The summed E-state index contributed by atoms with van der Waals surface area (Å²) in [6.07, 6.45) is -6.02. The van der Waals surface area contributed by atoms with Crippen LogP contribution in [0.1, 0.15) is 165 Å². The lowest BCUT2D eigenvalue weighted by atomic mass is 9.83. The van der Waals surface area contributed by atoms with E-state index < -0.39 is 205 Å². The van der Waals surface area contributed by atoms with E-state index in [9.17, 15) is 80.9 Å². The quantitative estimate of drug-likeness (QED) is 0.0396. The van der Waals surface area contributed by atoms with Gasteiger partial charge in [-0.1, -0.05) is 150 Å². The highest BCUT2D eigenvalue weighted by Gasteiger charge is 2.53. The maximum absolute atomic E-state index is 14.5. The van der Waals surface area contributed by atoms with Crippen molar-refractivity contribution in [2.75, 3.05) is 13.2 Å². The number of aliphatic hydroxyl groups is 2. The van der Waals surface area contributed by atoms with Crippen molar-refractivity contribution in [1.29, 1.82) is 0 Å². The molecule has 1 aliphatic heterocycles. The Morgan fingerprint density at radius 3 is 1.62 bits per heavy atom. The number of hydrogen-bond donors (Lipinski definition) is 10. The lowest BCUT2D eigenvalue weighted by Gasteiger charge is -2.30. The molecule has 24 nitrogen and oxygen atoms in total. The zero-order chi connectivity index (χ0) is 72.5. The molecule has 0 aromatic heterocycles. The third-order valence-corrected chi connectivity index (χ3v) is 18.6. The third kappa shape index (κ3) is 24.6. The molecule has 1 heterocycles. The fourth-order valence-electron chi connectivity index (χ4n) is 11.0. The zero-order valence-corrected chi connectivity index (χ0v) is 56.9. The van der Waals surface area contributed by atoms with Crippen molar-refractivity contribution in [3.63, 3.8) is 0 Å². The number of nitrogens with one attached hydrogen (secondary N) is 6. The SMILES string of the molecule is CC[C@H](Cc1ccc(-c2ccccc2)cc1)C(=O)N[C@H](C(=O)C[C@@H](CO)C(=O)N[C@H](CCC(N)=O)C(=O)C[C@@H](C(=O)N[C@H](C(=O)C[C@@H](CO)C(=O)N[C@H]1C(=O)C[C@@H](C)C(=O)NC2(CC2)C(=O)N[C@@H]([C@@H](C)CC)C(=O)O[C@H]1C)[C@@H](C)CC)[C@@H](C)CC)[C@@H](C)CC.O=C(O)C(F)(F)F. The van der Waals surface area contributed by atoms with E-state index >= 15 is 0 Å². The maximum Gasteiger partial charge on any atom is 0.490 e. The third-order valence-electron chi connectivity index (χ3n) is 18.6. The van der Waals surface area contributed by atoms with Crippen molar-refractivity contribution < 1.29 is 95.6 Å². The average molecular weight is 1360 g/mol. The molecule has 2 fully saturated rings. The summed E-state index contributed by atoms with van der Waals surface area (Å²) < 4.78 is 37.5. The van der Waals surface area contributed by atoms with E-state index in [1.807, 2.05) is 68.4 Å². The summed E-state index contributed by atoms with van der Waals surface area (Å²) in [5, 5.41) is 44.7. The first-order valence-corrected chi connectivity index (χ1v) is 33.2. The van der Waals surface area contributed by atoms with Crippen LogP contribution < -0.4 is 37.6 Å². The summed E-state index contributed by atoms with van der Waals surface area (Å²) in [6.45, 7) is 17.1. The molecule has 1 saturated heterocycles. The van der Waals surface area contributed by atoms with Crippen molar-refractivity contribution in [1.82, 2.24) is 31.9 Å². The Morgan fingerprint density at radius 2 is 1.16 bits per heavy atom. The van der Waals surface area contributed by atoms with Gasteiger partial charge in [-0.3, -0.25) is 52.7 Å². The van der Waals surface area contributed by atoms with Gasteiger partial charge in [-0.25, -0.2) is 9.59 Å². The number of Topliss-reactive ketones (excluding diaryl/α,β-unsaturated/α-hetero) is 4. The van der Waals surface area contributed by atoms with Gasteiger partial charge in [0.25, 0.3) is 0 Å². The second-order valence-electron chi connectivity index (χ2n) is 25.9. The molecule has 0 unspecified atom stereocenters. The van der Waals surface area contributed by atoms with Crippen molar-refractivity contribution >= 4 is 76.4 Å². The van der Waals surface area contributed by atoms with Crippen LogP contribution in [0.2, 0.25) is 0 Å². The minimum atomic E-state index is -5.08. The van der Waals surface area contributed by atoms with E-state index in [0.717, 1.165) is 16.7 Å². The monoisotopic (exact) mass is 1360 g/mol. The second kappa shape index (κ2) is 38.7. The molecule has 0 radical (unpaired) electrons. The molecule has 2 aromatic carbocycles. The van der Waals surface area contributed by atoms with Crippen LogP contribution in [0.4, 0.5) is 13.2 Å². The van der Waals surface area contributed by atoms with Gasteiger partial charge < -0.3 is 57.7 Å². The first-order valence-electron chi connectivity index (χ1n) is 33.2. The standard InChI is InChI=1S/C67H99N7O15.C2HF3O2/c1-12-37(6)49(34-51(77)50(26-27-55(68)81)69-62(84)47(35-75)32-53(79)56(38(7)13-2)70-61(83)44(16-5)31-43-22-24-46(25-23-43)45-20-18-17-19-21-45)64(86)71-57(39(8)14-3)54(80)33-48(36-76)63(85)72-59-42(11)89-65(87)58(40(9)15-4)73-66(88)67(28-29-67)74-60(82)41(10)30-52(59)78;3-2(4,5)1(6)7/h17-25,37-42,44,47-50,56-59,75-76H,12-16,26-36H2,1-11H3,(H2,68,81)(H,69,84)(H,70,83)(H,71,86)(H,72,85)(H,73,88)(H,74,82);(H,6,7)/t37-,38-,39-,40-,41+,42-,44+,47-,48-,49+,50+,56-,57-,58-,59+;/m0./s1. The molecule has 534 valence electrons. The van der Waals surface area contributed by atoms with Crippen LogP contribution in [0.25, 0.3) is 11.1 Å². The number of hydrogen-bond acceptors (Lipinski definition) is 16. The summed E-state index contributed by atoms with van der Waals surface area (Å²) in [4.78, 5) is 175. The summed E-state index contributed by atoms with van der Waals surface area (Å²) in [6, 6.07) is 11.4. The summed E-state index contributed by atoms with van der Waals surface area (Å²) in [5.74, 6) is -18.4. The maximum atomic E-state index is 14.5. The number of ether oxygens (including phenoxy) is 1. The van der Waals surface area contributed by atoms with Crippen LogP contribution in [-0.4, -0.2) is 153 Å². The Kier molecular flexibility index (Phi) is 33.2. The van der Waals surface area contributed by atoms with E-state index in [2.05, 4.69) is 31.9 Å². The largest absolute Gasteiger partial charge is 0.490 e. The number of cyclic esters (lactones) is 1. The number of halogens is 3. The van der Waals surface area contributed by atoms with E-state index in [4.69, 9.17) is 20.4 Å². The van der Waals surface area contributed by atoms with Crippen LogP contribution in [0, 0.1) is 53.3 Å². The molecule has 0 bridgehead atoms. The fourth-order valence-corrected chi connectivity index (χ4v) is 11.0. The first-order chi connectivity index (χ1) is 45.1. The van der Waals surface area contributed by atoms with Crippen LogP contribution >= 0.6 is 0 Å². The van der Waals surface area contributed by atoms with Crippen LogP contribution in [0.3, 0.4) is 0 Å². The Hall–Kier alpha value is -7.94. The lowest BCUT2D eigenvalue weighted by molar-refractivity contribution is -0.192. The van der Waals surface area contributed by atoms with Crippen molar-refractivity contribution in [2.24, 2.45) is 59.0 Å². The second-order valence-corrected chi connectivity index (χ2v) is 25.9. The Morgan fingerprint density at radius 1 is 0.656 bits per heavy atom. The number of carboxylic acids is 1. The number of amides is 7. The number of esters is 1. The highest BCUT2D eigenvalue weighted by molar-refractivity contribution is 6.00. The smallest absolute Gasteiger partial charge is 0.475 e. The van der Waals surface area contributed by atoms with E-state index in [0.29, 0.717) is 51.4 Å². The average Bonchev–Trinajstić information content (AvgIpc) is 1.62. The van der Waals surface area contributed by atoms with Gasteiger partial charge in [-0.2, -0.15) is 13.2 Å². The highest BCUT2D eigenvalue weighted by atomic mass is 19.4. The molecular weight excluding hydrogens is 1260 g/mol. The molecule has 11 N–H and O–H groups in total. The topological polar surface area (TPSA) is 390 Å². The normalized spacial score (nSPS) is 20.7. The number of aliphatic carboxylic acids is 1. The molecule has 1 spiro atoms. The Bertz CT molecular complexity index is 3020. The van der Waals surface area contributed by atoms with E-state index in [1.165, 1.54) is 13.8 Å². The van der Waals surface area contributed by atoms with Gasteiger partial charge in [0.15, 0.2) is 23.1 Å². The summed E-state index contributed by atoms with van der Waals surface area (Å²) in [7, 11) is 0. The predicted octanol–water partition coefficient (Wildman–Crippen LogP) is 5.33. The Labute approximate surface area is 559 Å². The number of carbonyl (C=O) groups is 13. The van der Waals surface area contributed by atoms with Gasteiger partial charge in [0.1, 0.15) is 23.7 Å². The minimum absolute atomic E-state index is 0.294. The molecule has 27 heteroatoms. The zero-order valence-electron chi connectivity index (χ0n) is 56.9. The molecule has 1 saturated carbocycles. The number of ketones is 4. The molecule has 2 aliphatic rings. The van der Waals surface area contributed by atoms with Gasteiger partial charge >= 0.3 is 18.1 Å². The molecule has 4 rings (SSSR count). The van der Waals surface area contributed by atoms with Crippen LogP contribution in [-0.2, 0) is 73.5 Å². The van der Waals surface area contributed by atoms with Gasteiger partial charge in [-0.05, 0) is 79.4 Å². The van der Waals surface area contributed by atoms with E-state index in [1.54, 1.807) is 48.5 Å². The minimum Gasteiger partial charge on any atom is -0.475 e. The highest BCUT2D eigenvalue weighted by Crippen LogP contribution is 2.37. The number of primary amides is 1. The number of carboxylic acid groups (broad SMARTS) is 1. The Balaban J connectivity index is 0.00000324. The lowest BCUT2D eigenvalue weighted by Crippen LogP contribution is -2.56. The van der Waals surface area contributed by atoms with E-state index in [-0.39, 0.29) is 24.7 Å². The van der Waals surface area contributed by atoms with Gasteiger partial charge in [0, 0.05) is 49.9 Å². The molecule has 7 amide bonds. The van der Waals surface area contributed by atoms with Gasteiger partial charge in [0.2, 0.25) is 41.4 Å². The molecule has 1 aliphatic carbocycles. The predicted molar refractivity (Wildman–Crippen MR) is 347 cm³/mol. The van der Waals surface area contributed by atoms with Gasteiger partial charge in [0.05, 0.1) is 43.2 Å². The van der Waals surface area contributed by atoms with Crippen molar-refractivity contribution in [3.05, 3.63) is 60.2 Å². The summed E-state index contributed by atoms with van der Waals surface area (Å²) >= 11 is 0. The molecular formula is C69H100F3N7O17. The number of benzene rings is 2. The van der Waals surface area contributed by atoms with Crippen molar-refractivity contribution in [3.8, 4) is 11.1 Å². The number of aliphatic hydroxyl groups excluding tert-OH is 2. The number of alkyl halides is 3. The van der Waals surface area contributed by atoms with Crippen LogP contribution in [0.15, 0.2) is 54.6 Å². The number of nitrogens with two attached hydrogens (primary N) is 1. The fraction of sp³-hybridized carbons (Fsp3) is 0.638. The first kappa shape index (κ1) is 82.3. The summed E-state index contributed by atoms with van der Waals surface area (Å²) in [5.41, 5.74) is 7.28. The van der Waals surface area contributed by atoms with Crippen LogP contribution in [0.5, 0.6) is 0 Å². The molecule has 15 atom stereocenters. The number of carbonyl (C=O) groups excluding carboxylic acids is 12. The molecule has 2 aromatic rings.